The fourth-order valence-electron chi connectivity index (χ4n) is 1.75. The molecule has 1 fully saturated rings. The van der Waals surface area contributed by atoms with Crippen molar-refractivity contribution in [1.29, 1.82) is 0 Å². The van der Waals surface area contributed by atoms with E-state index in [-0.39, 0.29) is 5.69 Å². The number of hydrogen-bond donors (Lipinski definition) is 4. The Bertz CT molecular complexity index is 552. The number of aliphatic hydroxyl groups excluding tert-OH is 3. The lowest BCUT2D eigenvalue weighted by atomic mass is 10.1. The van der Waals surface area contributed by atoms with Crippen LogP contribution in [-0.2, 0) is 4.74 Å². The zero-order valence-electron chi connectivity index (χ0n) is 9.48. The van der Waals surface area contributed by atoms with Gasteiger partial charge in [-0.2, -0.15) is 9.78 Å². The van der Waals surface area contributed by atoms with E-state index < -0.39 is 42.4 Å². The predicted molar refractivity (Wildman–Crippen MR) is 56.9 cm³/mol. The molecule has 0 spiro atoms. The molecule has 18 heavy (non-hydrogen) atoms. The average Bonchev–Trinajstić information content (AvgIpc) is 2.61. The molecule has 0 saturated carbocycles. The number of rotatable bonds is 2. The Kier molecular flexibility index (Phi) is 3.30. The van der Waals surface area contributed by atoms with Gasteiger partial charge in [0, 0.05) is 0 Å². The lowest BCUT2D eigenvalue weighted by molar-refractivity contribution is -0.0620. The van der Waals surface area contributed by atoms with Gasteiger partial charge < -0.3 is 20.1 Å². The number of hydrogen-bond acceptors (Lipinski definition) is 7. The monoisotopic (exact) mass is 259 g/mol. The third kappa shape index (κ3) is 1.97. The third-order valence-electron chi connectivity index (χ3n) is 2.77. The van der Waals surface area contributed by atoms with Gasteiger partial charge in [-0.25, -0.2) is 4.79 Å². The van der Waals surface area contributed by atoms with E-state index in [1.54, 1.807) is 0 Å². The molecule has 0 aliphatic carbocycles. The molecule has 2 heterocycles. The molecule has 1 aliphatic heterocycles. The highest BCUT2D eigenvalue weighted by atomic mass is 16.6. The minimum atomic E-state index is -1.42. The van der Waals surface area contributed by atoms with Crippen LogP contribution in [0.5, 0.6) is 0 Å². The molecule has 0 radical (unpaired) electrons. The second-order valence-corrected chi connectivity index (χ2v) is 4.02. The van der Waals surface area contributed by atoms with Gasteiger partial charge in [0.2, 0.25) is 0 Å². The molecule has 1 aromatic rings. The van der Waals surface area contributed by atoms with Crippen LogP contribution in [0.3, 0.4) is 0 Å². The van der Waals surface area contributed by atoms with Crippen LogP contribution in [0.4, 0.5) is 0 Å². The van der Waals surface area contributed by atoms with Crippen LogP contribution >= 0.6 is 0 Å². The maximum absolute atomic E-state index is 11.5. The Morgan fingerprint density at radius 1 is 1.39 bits per heavy atom. The van der Waals surface area contributed by atoms with E-state index in [4.69, 9.17) is 9.84 Å². The molecule has 0 bridgehead atoms. The molecule has 9 heteroatoms. The van der Waals surface area contributed by atoms with Crippen molar-refractivity contribution in [2.45, 2.75) is 31.5 Å². The summed E-state index contributed by atoms with van der Waals surface area (Å²) >= 11 is 0. The fraction of sp³-hybridized carbons (Fsp3) is 0.667. The number of aromatic nitrogens is 3. The minimum absolute atomic E-state index is 0.0207. The molecule has 9 nitrogen and oxygen atoms in total. The molecule has 1 aromatic heterocycles. The van der Waals surface area contributed by atoms with Gasteiger partial charge in [0.25, 0.3) is 5.56 Å². The first-order valence-electron chi connectivity index (χ1n) is 5.28. The van der Waals surface area contributed by atoms with E-state index in [0.29, 0.717) is 0 Å². The number of aliphatic hydroxyl groups is 3. The molecular weight excluding hydrogens is 246 g/mol. The topological polar surface area (TPSA) is 138 Å². The first-order chi connectivity index (χ1) is 8.45. The second-order valence-electron chi connectivity index (χ2n) is 4.02. The Morgan fingerprint density at radius 3 is 2.61 bits per heavy atom. The Labute approximate surface area is 100 Å². The van der Waals surface area contributed by atoms with Gasteiger partial charge >= 0.3 is 5.69 Å². The first kappa shape index (κ1) is 12.9. The number of aromatic amines is 1. The van der Waals surface area contributed by atoms with Crippen molar-refractivity contribution in [3.05, 3.63) is 26.5 Å². The number of H-pyrrole nitrogens is 1. The standard InChI is InChI=1S/C9H13N3O6/c1-3-7(16)10-9(17)12(11-3)8-6(15)5(14)4(2-13)18-8/h4-6,8,13-15H,2H2,1H3,(H,10,16,17)/t4-,5-,6-,8-/m0/s1. The summed E-state index contributed by atoms with van der Waals surface area (Å²) in [5, 5.41) is 31.9. The van der Waals surface area contributed by atoms with Crippen LogP contribution in [0.25, 0.3) is 0 Å². The lowest BCUT2D eigenvalue weighted by Crippen LogP contribution is -2.40. The highest BCUT2D eigenvalue weighted by Gasteiger charge is 2.44. The van der Waals surface area contributed by atoms with E-state index in [1.165, 1.54) is 6.92 Å². The van der Waals surface area contributed by atoms with Crippen molar-refractivity contribution in [2.75, 3.05) is 6.61 Å². The second kappa shape index (κ2) is 4.61. The number of nitrogens with zero attached hydrogens (tertiary/aromatic N) is 2. The van der Waals surface area contributed by atoms with Crippen molar-refractivity contribution in [3.8, 4) is 0 Å². The molecular formula is C9H13N3O6. The van der Waals surface area contributed by atoms with E-state index in [1.807, 2.05) is 4.98 Å². The van der Waals surface area contributed by atoms with Crippen LogP contribution in [0.15, 0.2) is 9.59 Å². The van der Waals surface area contributed by atoms with Crippen LogP contribution in [0.2, 0.25) is 0 Å². The first-order valence-corrected chi connectivity index (χ1v) is 5.28. The Hall–Kier alpha value is -1.55. The largest absolute Gasteiger partial charge is 0.394 e. The minimum Gasteiger partial charge on any atom is -0.394 e. The maximum Gasteiger partial charge on any atom is 0.347 e. The Balaban J connectivity index is 2.42. The van der Waals surface area contributed by atoms with Gasteiger partial charge in [0.15, 0.2) is 6.23 Å². The molecule has 4 N–H and O–H groups in total. The normalized spacial score (nSPS) is 31.8. The van der Waals surface area contributed by atoms with Gasteiger partial charge in [-0.3, -0.25) is 9.78 Å². The number of nitrogens with one attached hydrogen (secondary N) is 1. The summed E-state index contributed by atoms with van der Waals surface area (Å²) in [6.45, 7) is 0.877. The zero-order valence-corrected chi connectivity index (χ0v) is 9.48. The molecule has 0 unspecified atom stereocenters. The molecule has 0 amide bonds. The van der Waals surface area contributed by atoms with E-state index in [9.17, 15) is 19.8 Å². The van der Waals surface area contributed by atoms with Gasteiger partial charge in [-0.05, 0) is 6.92 Å². The van der Waals surface area contributed by atoms with Gasteiger partial charge in [0.1, 0.15) is 24.0 Å². The molecule has 1 aliphatic rings. The van der Waals surface area contributed by atoms with Crippen molar-refractivity contribution in [2.24, 2.45) is 0 Å². The quantitative estimate of drug-likeness (QED) is 0.440. The summed E-state index contributed by atoms with van der Waals surface area (Å²) in [6, 6.07) is 0. The van der Waals surface area contributed by atoms with Crippen LogP contribution < -0.4 is 11.2 Å². The SMILES string of the molecule is Cc1nn([C@H]2O[C@@H](CO)[C@H](O)[C@@H]2O)c(=O)[nH]c1=O. The highest BCUT2D eigenvalue weighted by molar-refractivity contribution is 4.92. The third-order valence-corrected chi connectivity index (χ3v) is 2.77. The lowest BCUT2D eigenvalue weighted by Gasteiger charge is -2.15. The zero-order chi connectivity index (χ0) is 13.4. The van der Waals surface area contributed by atoms with Crippen molar-refractivity contribution in [3.63, 3.8) is 0 Å². The summed E-state index contributed by atoms with van der Waals surface area (Å²) in [5.74, 6) is 0. The van der Waals surface area contributed by atoms with Crippen molar-refractivity contribution < 1.29 is 20.1 Å². The maximum atomic E-state index is 11.5. The van der Waals surface area contributed by atoms with Gasteiger partial charge in [-0.1, -0.05) is 0 Å². The van der Waals surface area contributed by atoms with Crippen LogP contribution in [-0.4, -0.2) is 55.0 Å². The molecule has 0 aromatic carbocycles. The van der Waals surface area contributed by atoms with Crippen molar-refractivity contribution >= 4 is 0 Å². The van der Waals surface area contributed by atoms with Crippen LogP contribution in [0, 0.1) is 6.92 Å². The Morgan fingerprint density at radius 2 is 2.06 bits per heavy atom. The van der Waals surface area contributed by atoms with Crippen molar-refractivity contribution in [1.82, 2.24) is 14.8 Å². The van der Waals surface area contributed by atoms with E-state index >= 15 is 0 Å². The van der Waals surface area contributed by atoms with Gasteiger partial charge in [-0.15, -0.1) is 0 Å². The van der Waals surface area contributed by atoms with Crippen LogP contribution in [0.1, 0.15) is 11.9 Å². The molecule has 2 rings (SSSR count). The fourth-order valence-corrected chi connectivity index (χ4v) is 1.75. The van der Waals surface area contributed by atoms with Gasteiger partial charge in [0.05, 0.1) is 6.61 Å². The highest BCUT2D eigenvalue weighted by Crippen LogP contribution is 2.27. The summed E-state index contributed by atoms with van der Waals surface area (Å²) in [5.41, 5.74) is -1.48. The van der Waals surface area contributed by atoms with E-state index in [0.717, 1.165) is 4.68 Å². The molecule has 100 valence electrons. The summed E-state index contributed by atoms with van der Waals surface area (Å²) < 4.78 is 5.86. The smallest absolute Gasteiger partial charge is 0.347 e. The number of aryl methyl sites for hydroxylation is 1. The summed E-state index contributed by atoms with van der Waals surface area (Å²) in [4.78, 5) is 24.7. The summed E-state index contributed by atoms with van der Waals surface area (Å²) in [6.07, 6.45) is -5.01. The number of ether oxygens (including phenoxy) is 1. The van der Waals surface area contributed by atoms with E-state index in [2.05, 4.69) is 5.10 Å². The molecule has 4 atom stereocenters. The average molecular weight is 259 g/mol. The predicted octanol–water partition coefficient (Wildman–Crippen LogP) is -3.15. The molecule has 1 saturated heterocycles. The summed E-state index contributed by atoms with van der Waals surface area (Å²) in [7, 11) is 0.